The molecule has 0 amide bonds. The molecule has 0 spiro atoms. The second-order valence-electron chi connectivity index (χ2n) is 3.38. The van der Waals surface area contributed by atoms with Gasteiger partial charge in [-0.15, -0.1) is 11.3 Å². The lowest BCUT2D eigenvalue weighted by molar-refractivity contribution is 0.266. The number of aliphatic hydroxyl groups is 1. The Morgan fingerprint density at radius 2 is 2.33 bits per heavy atom. The van der Waals surface area contributed by atoms with Crippen molar-refractivity contribution in [2.75, 3.05) is 6.61 Å². The standard InChI is InChI=1S/C10H11ClN2OS/c11-10-2-1-9-8(13-10)4-7(15-9)3-6(12)5-14/h1-2,4,6,14H,3,5,12H2. The quantitative estimate of drug-likeness (QED) is 0.808. The molecule has 0 aliphatic heterocycles. The van der Waals surface area contributed by atoms with Crippen LogP contribution >= 0.6 is 22.9 Å². The molecule has 3 nitrogen and oxygen atoms in total. The molecule has 0 aliphatic rings. The van der Waals surface area contributed by atoms with E-state index in [4.69, 9.17) is 22.4 Å². The summed E-state index contributed by atoms with van der Waals surface area (Å²) in [4.78, 5) is 5.33. The molecule has 2 heterocycles. The summed E-state index contributed by atoms with van der Waals surface area (Å²) in [6, 6.07) is 5.49. The zero-order valence-corrected chi connectivity index (χ0v) is 9.55. The predicted octanol–water partition coefficient (Wildman–Crippen LogP) is 1.81. The van der Waals surface area contributed by atoms with Gasteiger partial charge < -0.3 is 10.8 Å². The SMILES string of the molecule is NC(CO)Cc1cc2nc(Cl)ccc2s1. The van der Waals surface area contributed by atoms with Crippen molar-refractivity contribution in [2.24, 2.45) is 5.73 Å². The molecule has 2 aromatic rings. The highest BCUT2D eigenvalue weighted by Gasteiger charge is 2.07. The third kappa shape index (κ3) is 2.46. The molecule has 0 saturated heterocycles. The Kier molecular flexibility index (Phi) is 3.21. The number of nitrogens with zero attached hydrogens (tertiary/aromatic N) is 1. The minimum absolute atomic E-state index is 0.00241. The smallest absolute Gasteiger partial charge is 0.129 e. The zero-order chi connectivity index (χ0) is 10.8. The first kappa shape index (κ1) is 10.8. The second kappa shape index (κ2) is 4.45. The molecule has 0 saturated carbocycles. The van der Waals surface area contributed by atoms with Crippen LogP contribution in [0.4, 0.5) is 0 Å². The highest BCUT2D eigenvalue weighted by Crippen LogP contribution is 2.26. The molecule has 1 unspecified atom stereocenters. The molecule has 0 aliphatic carbocycles. The molecule has 15 heavy (non-hydrogen) atoms. The Labute approximate surface area is 96.5 Å². The summed E-state index contributed by atoms with van der Waals surface area (Å²) >= 11 is 7.43. The molecule has 80 valence electrons. The Morgan fingerprint density at radius 3 is 3.07 bits per heavy atom. The van der Waals surface area contributed by atoms with Crippen molar-refractivity contribution in [3.8, 4) is 0 Å². The van der Waals surface area contributed by atoms with E-state index < -0.39 is 0 Å². The van der Waals surface area contributed by atoms with E-state index in [1.54, 1.807) is 17.4 Å². The number of thiophene rings is 1. The van der Waals surface area contributed by atoms with Gasteiger partial charge in [-0.25, -0.2) is 4.98 Å². The van der Waals surface area contributed by atoms with Gasteiger partial charge in [-0.05, 0) is 24.6 Å². The lowest BCUT2D eigenvalue weighted by Crippen LogP contribution is -2.26. The predicted molar refractivity (Wildman–Crippen MR) is 63.4 cm³/mol. The number of pyridine rings is 1. The number of halogens is 1. The fraction of sp³-hybridized carbons (Fsp3) is 0.300. The van der Waals surface area contributed by atoms with E-state index in [9.17, 15) is 0 Å². The van der Waals surface area contributed by atoms with Crippen LogP contribution in [0.15, 0.2) is 18.2 Å². The summed E-state index contributed by atoms with van der Waals surface area (Å²) in [6.07, 6.45) is 0.676. The van der Waals surface area contributed by atoms with E-state index >= 15 is 0 Å². The molecule has 0 aromatic carbocycles. The average Bonchev–Trinajstić information content (AvgIpc) is 2.59. The van der Waals surface area contributed by atoms with Crippen molar-refractivity contribution in [1.29, 1.82) is 0 Å². The number of fused-ring (bicyclic) bond motifs is 1. The maximum atomic E-state index is 8.86. The van der Waals surface area contributed by atoms with Crippen LogP contribution in [0.1, 0.15) is 4.88 Å². The van der Waals surface area contributed by atoms with Gasteiger partial charge in [0.1, 0.15) is 5.15 Å². The number of hydrogen-bond acceptors (Lipinski definition) is 4. The summed E-state index contributed by atoms with van der Waals surface area (Å²) < 4.78 is 1.10. The molecule has 1 atom stereocenters. The van der Waals surface area contributed by atoms with Crippen molar-refractivity contribution in [3.05, 3.63) is 28.2 Å². The molecule has 3 N–H and O–H groups in total. The first-order chi connectivity index (χ1) is 7.19. The minimum Gasteiger partial charge on any atom is -0.395 e. The van der Waals surface area contributed by atoms with E-state index in [-0.39, 0.29) is 12.6 Å². The lowest BCUT2D eigenvalue weighted by Gasteiger charge is -2.03. The monoisotopic (exact) mass is 242 g/mol. The van der Waals surface area contributed by atoms with Crippen LogP contribution in [0.3, 0.4) is 0 Å². The Balaban J connectivity index is 2.30. The van der Waals surface area contributed by atoms with Crippen LogP contribution in [0.2, 0.25) is 5.15 Å². The van der Waals surface area contributed by atoms with Crippen molar-refractivity contribution in [3.63, 3.8) is 0 Å². The lowest BCUT2D eigenvalue weighted by atomic mass is 10.2. The van der Waals surface area contributed by atoms with Crippen LogP contribution in [0, 0.1) is 0 Å². The van der Waals surface area contributed by atoms with Crippen molar-refractivity contribution in [1.82, 2.24) is 4.98 Å². The number of nitrogens with two attached hydrogens (primary N) is 1. The number of aliphatic hydroxyl groups excluding tert-OH is 1. The summed E-state index contributed by atoms with van der Waals surface area (Å²) in [5, 5.41) is 9.36. The van der Waals surface area contributed by atoms with E-state index in [2.05, 4.69) is 4.98 Å². The van der Waals surface area contributed by atoms with Gasteiger partial charge in [0.25, 0.3) is 0 Å². The summed E-state index contributed by atoms with van der Waals surface area (Å²) in [5.41, 5.74) is 6.56. The molecule has 2 rings (SSSR count). The number of aromatic nitrogens is 1. The van der Waals surface area contributed by atoms with Crippen molar-refractivity contribution < 1.29 is 5.11 Å². The van der Waals surface area contributed by atoms with Crippen molar-refractivity contribution in [2.45, 2.75) is 12.5 Å². The molecule has 5 heteroatoms. The van der Waals surface area contributed by atoms with E-state index in [0.29, 0.717) is 11.6 Å². The molecule has 0 bridgehead atoms. The van der Waals surface area contributed by atoms with Crippen LogP contribution < -0.4 is 5.73 Å². The highest BCUT2D eigenvalue weighted by molar-refractivity contribution is 7.19. The fourth-order valence-electron chi connectivity index (χ4n) is 1.37. The maximum Gasteiger partial charge on any atom is 0.129 e. The van der Waals surface area contributed by atoms with Gasteiger partial charge in [0, 0.05) is 10.9 Å². The maximum absolute atomic E-state index is 8.86. The first-order valence-electron chi connectivity index (χ1n) is 4.60. The van der Waals surface area contributed by atoms with Gasteiger partial charge in [-0.3, -0.25) is 0 Å². The van der Waals surface area contributed by atoms with Gasteiger partial charge in [0.2, 0.25) is 0 Å². The third-order valence-electron chi connectivity index (χ3n) is 2.09. The van der Waals surface area contributed by atoms with E-state index in [1.165, 1.54) is 0 Å². The average molecular weight is 243 g/mol. The van der Waals surface area contributed by atoms with E-state index in [0.717, 1.165) is 15.1 Å². The number of hydrogen-bond donors (Lipinski definition) is 2. The molecule has 2 aromatic heterocycles. The van der Waals surface area contributed by atoms with Crippen molar-refractivity contribution >= 4 is 33.2 Å². The topological polar surface area (TPSA) is 59.1 Å². The van der Waals surface area contributed by atoms with Gasteiger partial charge in [-0.2, -0.15) is 0 Å². The fourth-order valence-corrected chi connectivity index (χ4v) is 2.62. The third-order valence-corrected chi connectivity index (χ3v) is 3.41. The Bertz CT molecular complexity index is 471. The van der Waals surface area contributed by atoms with Crippen LogP contribution in [-0.2, 0) is 6.42 Å². The van der Waals surface area contributed by atoms with Gasteiger partial charge in [0.15, 0.2) is 0 Å². The van der Waals surface area contributed by atoms with Gasteiger partial charge >= 0.3 is 0 Å². The Hall–Kier alpha value is -0.680. The largest absolute Gasteiger partial charge is 0.395 e. The number of rotatable bonds is 3. The normalized spacial score (nSPS) is 13.3. The molecular weight excluding hydrogens is 232 g/mol. The van der Waals surface area contributed by atoms with Gasteiger partial charge in [-0.1, -0.05) is 11.6 Å². The summed E-state index contributed by atoms with van der Waals surface area (Å²) in [6.45, 7) is 0.00241. The summed E-state index contributed by atoms with van der Waals surface area (Å²) in [5.74, 6) is 0. The van der Waals surface area contributed by atoms with E-state index in [1.807, 2.05) is 12.1 Å². The van der Waals surface area contributed by atoms with Crippen LogP contribution in [-0.4, -0.2) is 22.7 Å². The van der Waals surface area contributed by atoms with Crippen LogP contribution in [0.5, 0.6) is 0 Å². The molecular formula is C10H11ClN2OS. The molecule has 0 fully saturated rings. The Morgan fingerprint density at radius 1 is 1.53 bits per heavy atom. The van der Waals surface area contributed by atoms with Crippen LogP contribution in [0.25, 0.3) is 10.2 Å². The zero-order valence-electron chi connectivity index (χ0n) is 7.98. The summed E-state index contributed by atoms with van der Waals surface area (Å²) in [7, 11) is 0. The highest BCUT2D eigenvalue weighted by atomic mass is 35.5. The second-order valence-corrected chi connectivity index (χ2v) is 4.93. The molecule has 0 radical (unpaired) electrons. The van der Waals surface area contributed by atoms with Gasteiger partial charge in [0.05, 0.1) is 16.8 Å². The first-order valence-corrected chi connectivity index (χ1v) is 5.80. The minimum atomic E-state index is -0.200.